The minimum Gasteiger partial charge on any atom is -0.491 e. The fourth-order valence-electron chi connectivity index (χ4n) is 1.19. The average Bonchev–Trinajstić information content (AvgIpc) is 2.21. The average molecular weight is 338 g/mol. The molecule has 0 unspecified atom stereocenters. The van der Waals surface area contributed by atoms with Gasteiger partial charge in [-0.2, -0.15) is 0 Å². The summed E-state index contributed by atoms with van der Waals surface area (Å²) in [5.74, 6) is 0.849. The summed E-state index contributed by atoms with van der Waals surface area (Å²) in [6.45, 7) is 0.944. The normalized spacial score (nSPS) is 10.3. The molecule has 15 heavy (non-hydrogen) atoms. The highest BCUT2D eigenvalue weighted by Gasteiger charge is 2.04. The molecule has 1 aromatic rings. The lowest BCUT2D eigenvalue weighted by molar-refractivity contribution is 0.265. The second kappa shape index (κ2) is 7.25. The van der Waals surface area contributed by atoms with Crippen molar-refractivity contribution in [1.82, 2.24) is 0 Å². The highest BCUT2D eigenvalue weighted by atomic mass is 79.9. The maximum atomic E-state index is 8.62. The molecule has 2 nitrogen and oxygen atoms in total. The topological polar surface area (TPSA) is 29.5 Å². The smallest absolute Gasteiger partial charge is 0.147 e. The van der Waals surface area contributed by atoms with Crippen molar-refractivity contribution >= 4 is 31.9 Å². The van der Waals surface area contributed by atoms with E-state index >= 15 is 0 Å². The number of hydrogen-bond acceptors (Lipinski definition) is 2. The fourth-order valence-corrected chi connectivity index (χ4v) is 2.41. The number of ether oxygens (including phenoxy) is 1. The Balaban J connectivity index is 2.37. The van der Waals surface area contributed by atoms with Crippen molar-refractivity contribution in [2.24, 2.45) is 0 Å². The molecule has 0 saturated carbocycles. The first-order valence-corrected chi connectivity index (χ1v) is 6.52. The Morgan fingerprint density at radius 2 is 1.73 bits per heavy atom. The van der Waals surface area contributed by atoms with Gasteiger partial charge in [0.05, 0.1) is 15.6 Å². The summed E-state index contributed by atoms with van der Waals surface area (Å²) in [4.78, 5) is 0. The van der Waals surface area contributed by atoms with Gasteiger partial charge in [0.15, 0.2) is 0 Å². The molecule has 0 fully saturated rings. The molecule has 84 valence electrons. The first-order valence-electron chi connectivity index (χ1n) is 4.93. The first-order chi connectivity index (χ1) is 7.25. The number of hydrogen-bond donors (Lipinski definition) is 1. The lowest BCUT2D eigenvalue weighted by atomic mass is 10.2. The van der Waals surface area contributed by atoms with Crippen LogP contribution in [-0.4, -0.2) is 18.3 Å². The van der Waals surface area contributed by atoms with Crippen LogP contribution in [0.4, 0.5) is 0 Å². The number of benzene rings is 1. The van der Waals surface area contributed by atoms with E-state index in [-0.39, 0.29) is 6.61 Å². The number of aliphatic hydroxyl groups excluding tert-OH is 1. The Kier molecular flexibility index (Phi) is 6.29. The molecule has 0 spiro atoms. The summed E-state index contributed by atoms with van der Waals surface area (Å²) in [6, 6.07) is 5.86. The van der Waals surface area contributed by atoms with Crippen molar-refractivity contribution in [1.29, 1.82) is 0 Å². The molecule has 4 heteroatoms. The van der Waals surface area contributed by atoms with Crippen LogP contribution in [-0.2, 0) is 0 Å². The highest BCUT2D eigenvalue weighted by molar-refractivity contribution is 9.11. The molecule has 0 saturated heterocycles. The van der Waals surface area contributed by atoms with Crippen molar-refractivity contribution in [2.75, 3.05) is 13.2 Å². The lowest BCUT2D eigenvalue weighted by Crippen LogP contribution is -1.99. The van der Waals surface area contributed by atoms with E-state index in [1.54, 1.807) is 0 Å². The molecule has 1 rings (SSSR count). The third kappa shape index (κ3) is 4.53. The predicted molar refractivity (Wildman–Crippen MR) is 68.3 cm³/mol. The van der Waals surface area contributed by atoms with Gasteiger partial charge in [0.25, 0.3) is 0 Å². The van der Waals surface area contributed by atoms with Gasteiger partial charge in [0.2, 0.25) is 0 Å². The third-order valence-corrected chi connectivity index (χ3v) is 3.22. The molecule has 0 heterocycles. The van der Waals surface area contributed by atoms with Crippen molar-refractivity contribution in [3.05, 3.63) is 27.1 Å². The van der Waals surface area contributed by atoms with Crippen LogP contribution in [0.25, 0.3) is 0 Å². The minimum atomic E-state index is 0.263. The molecule has 0 radical (unpaired) electrons. The van der Waals surface area contributed by atoms with E-state index in [2.05, 4.69) is 31.9 Å². The maximum Gasteiger partial charge on any atom is 0.147 e. The molecule has 0 amide bonds. The van der Waals surface area contributed by atoms with Gasteiger partial charge < -0.3 is 9.84 Å². The van der Waals surface area contributed by atoms with Gasteiger partial charge in [-0.15, -0.1) is 0 Å². The quantitative estimate of drug-likeness (QED) is 0.801. The summed E-state index contributed by atoms with van der Waals surface area (Å²) in [5, 5.41) is 8.62. The van der Waals surface area contributed by atoms with Gasteiger partial charge in [-0.3, -0.25) is 0 Å². The molecule has 0 aliphatic heterocycles. The first kappa shape index (κ1) is 13.0. The number of aliphatic hydroxyl groups is 1. The zero-order valence-electron chi connectivity index (χ0n) is 8.38. The Morgan fingerprint density at radius 1 is 1.07 bits per heavy atom. The zero-order chi connectivity index (χ0) is 11.1. The predicted octanol–water partition coefficient (Wildman–Crippen LogP) is 3.75. The summed E-state index contributed by atoms with van der Waals surface area (Å²) in [7, 11) is 0. The van der Waals surface area contributed by atoms with Crippen LogP contribution < -0.4 is 4.74 Å². The van der Waals surface area contributed by atoms with Crippen LogP contribution >= 0.6 is 31.9 Å². The molecule has 0 aliphatic carbocycles. The molecule has 1 aromatic carbocycles. The van der Waals surface area contributed by atoms with Crippen LogP contribution in [0, 0.1) is 0 Å². The lowest BCUT2D eigenvalue weighted by Gasteiger charge is -2.09. The third-order valence-electron chi connectivity index (χ3n) is 1.97. The summed E-state index contributed by atoms with van der Waals surface area (Å²) in [5.41, 5.74) is 0. The zero-order valence-corrected chi connectivity index (χ0v) is 11.6. The number of halogens is 2. The molecule has 0 bridgehead atoms. The van der Waals surface area contributed by atoms with Gasteiger partial charge >= 0.3 is 0 Å². The van der Waals surface area contributed by atoms with Gasteiger partial charge in [0.1, 0.15) is 5.75 Å². The Bertz CT molecular complexity index is 282. The standard InChI is InChI=1S/C11H14Br2O2/c12-9-5-4-6-10(13)11(9)15-8-3-1-2-7-14/h4-6,14H,1-3,7-8H2. The summed E-state index contributed by atoms with van der Waals surface area (Å²) >= 11 is 6.87. The number of unbranched alkanes of at least 4 members (excludes halogenated alkanes) is 2. The van der Waals surface area contributed by atoms with Gasteiger partial charge in [-0.25, -0.2) is 0 Å². The second-order valence-corrected chi connectivity index (χ2v) is 4.89. The van der Waals surface area contributed by atoms with Crippen LogP contribution in [0.15, 0.2) is 27.1 Å². The van der Waals surface area contributed by atoms with Gasteiger partial charge in [-0.1, -0.05) is 6.07 Å². The van der Waals surface area contributed by atoms with Crippen molar-refractivity contribution in [2.45, 2.75) is 19.3 Å². The van der Waals surface area contributed by atoms with E-state index in [9.17, 15) is 0 Å². The van der Waals surface area contributed by atoms with Crippen molar-refractivity contribution in [3.8, 4) is 5.75 Å². The fraction of sp³-hybridized carbons (Fsp3) is 0.455. The SMILES string of the molecule is OCCCCCOc1c(Br)cccc1Br. The largest absolute Gasteiger partial charge is 0.491 e. The number of para-hydroxylation sites is 1. The minimum absolute atomic E-state index is 0.263. The molecular formula is C11H14Br2O2. The van der Waals surface area contributed by atoms with Crippen LogP contribution in [0.5, 0.6) is 5.75 Å². The van der Waals surface area contributed by atoms with E-state index in [0.29, 0.717) is 6.61 Å². The van der Waals surface area contributed by atoms with Crippen LogP contribution in [0.1, 0.15) is 19.3 Å². The maximum absolute atomic E-state index is 8.62. The Hall–Kier alpha value is -0.0600. The van der Waals surface area contributed by atoms with E-state index in [1.807, 2.05) is 18.2 Å². The van der Waals surface area contributed by atoms with E-state index in [1.165, 1.54) is 0 Å². The molecule has 0 atom stereocenters. The molecule has 0 aliphatic rings. The highest BCUT2D eigenvalue weighted by Crippen LogP contribution is 2.32. The van der Waals surface area contributed by atoms with Gasteiger partial charge in [-0.05, 0) is 63.3 Å². The Morgan fingerprint density at radius 3 is 2.33 bits per heavy atom. The van der Waals surface area contributed by atoms with Crippen LogP contribution in [0.2, 0.25) is 0 Å². The van der Waals surface area contributed by atoms with Crippen molar-refractivity contribution < 1.29 is 9.84 Å². The van der Waals surface area contributed by atoms with Crippen LogP contribution in [0.3, 0.4) is 0 Å². The summed E-state index contributed by atoms with van der Waals surface area (Å²) < 4.78 is 7.55. The van der Waals surface area contributed by atoms with E-state index in [4.69, 9.17) is 9.84 Å². The summed E-state index contributed by atoms with van der Waals surface area (Å²) in [6.07, 6.45) is 2.81. The van der Waals surface area contributed by atoms with Gasteiger partial charge in [0, 0.05) is 6.61 Å². The number of rotatable bonds is 6. The van der Waals surface area contributed by atoms with E-state index in [0.717, 1.165) is 34.0 Å². The molecular weight excluding hydrogens is 324 g/mol. The monoisotopic (exact) mass is 336 g/mol. The second-order valence-electron chi connectivity index (χ2n) is 3.18. The molecule has 0 aromatic heterocycles. The Labute approximate surface area is 107 Å². The molecule has 1 N–H and O–H groups in total. The van der Waals surface area contributed by atoms with E-state index < -0.39 is 0 Å². The van der Waals surface area contributed by atoms with Crippen molar-refractivity contribution in [3.63, 3.8) is 0 Å².